The van der Waals surface area contributed by atoms with Crippen molar-refractivity contribution < 1.29 is 14.4 Å². The average molecular weight is 426 g/mol. The Hall–Kier alpha value is -2.67. The number of para-hydroxylation sites is 1. The number of carbonyl (C=O) groups excluding carboxylic acids is 3. The summed E-state index contributed by atoms with van der Waals surface area (Å²) in [7, 11) is 0. The molecule has 0 bridgehead atoms. The molecule has 0 aliphatic carbocycles. The molecule has 1 aromatic carbocycles. The maximum atomic E-state index is 13.2. The Morgan fingerprint density at radius 3 is 2.30 bits per heavy atom. The molecule has 2 saturated heterocycles. The second-order valence-electron chi connectivity index (χ2n) is 8.05. The fourth-order valence-corrected chi connectivity index (χ4v) is 5.03. The van der Waals surface area contributed by atoms with Gasteiger partial charge in [0.15, 0.2) is 0 Å². The molecule has 2 aliphatic heterocycles. The summed E-state index contributed by atoms with van der Waals surface area (Å²) >= 11 is 1.44. The van der Waals surface area contributed by atoms with Crippen LogP contribution in [0.1, 0.15) is 35.4 Å². The third-order valence-electron chi connectivity index (χ3n) is 5.93. The first-order chi connectivity index (χ1) is 14.6. The van der Waals surface area contributed by atoms with Gasteiger partial charge >= 0.3 is 0 Å². The van der Waals surface area contributed by atoms with E-state index < -0.39 is 0 Å². The number of nitrogens with one attached hydrogen (secondary N) is 1. The molecule has 3 heterocycles. The van der Waals surface area contributed by atoms with Crippen LogP contribution in [-0.4, -0.2) is 53.7 Å². The van der Waals surface area contributed by atoms with Crippen molar-refractivity contribution in [1.82, 2.24) is 9.80 Å². The molecule has 6 nitrogen and oxygen atoms in total. The van der Waals surface area contributed by atoms with E-state index in [9.17, 15) is 14.4 Å². The number of anilines is 1. The normalized spacial score (nSPS) is 21.9. The Balaban J connectivity index is 1.35. The maximum absolute atomic E-state index is 13.2. The van der Waals surface area contributed by atoms with Crippen LogP contribution in [0.4, 0.5) is 5.69 Å². The van der Waals surface area contributed by atoms with Crippen molar-refractivity contribution in [3.8, 4) is 0 Å². The Kier molecular flexibility index (Phi) is 6.47. The summed E-state index contributed by atoms with van der Waals surface area (Å²) < 4.78 is 0. The quantitative estimate of drug-likeness (QED) is 0.815. The molecule has 2 aliphatic rings. The molecule has 7 heteroatoms. The molecular weight excluding hydrogens is 398 g/mol. The number of hydrogen-bond acceptors (Lipinski definition) is 4. The summed E-state index contributed by atoms with van der Waals surface area (Å²) in [4.78, 5) is 42.9. The van der Waals surface area contributed by atoms with E-state index in [1.54, 1.807) is 4.90 Å². The summed E-state index contributed by atoms with van der Waals surface area (Å²) in [5.41, 5.74) is 0.779. The van der Waals surface area contributed by atoms with Gasteiger partial charge in [0, 0.05) is 31.9 Å². The fraction of sp³-hybridized carbons (Fsp3) is 0.435. The lowest BCUT2D eigenvalue weighted by Gasteiger charge is -2.38. The highest BCUT2D eigenvalue weighted by Crippen LogP contribution is 2.25. The highest BCUT2D eigenvalue weighted by molar-refractivity contribution is 7.12. The molecule has 1 aromatic heterocycles. The van der Waals surface area contributed by atoms with E-state index in [1.807, 2.05) is 52.7 Å². The van der Waals surface area contributed by atoms with E-state index >= 15 is 0 Å². The van der Waals surface area contributed by atoms with Crippen LogP contribution in [0.3, 0.4) is 0 Å². The van der Waals surface area contributed by atoms with E-state index in [-0.39, 0.29) is 29.6 Å². The van der Waals surface area contributed by atoms with Crippen LogP contribution in [0.5, 0.6) is 0 Å². The molecule has 2 atom stereocenters. The summed E-state index contributed by atoms with van der Waals surface area (Å²) in [6.07, 6.45) is 3.24. The number of benzene rings is 1. The van der Waals surface area contributed by atoms with Crippen molar-refractivity contribution in [3.63, 3.8) is 0 Å². The van der Waals surface area contributed by atoms with Gasteiger partial charge in [-0.3, -0.25) is 14.4 Å². The van der Waals surface area contributed by atoms with Crippen LogP contribution >= 0.6 is 11.3 Å². The van der Waals surface area contributed by atoms with Crippen molar-refractivity contribution in [3.05, 3.63) is 52.7 Å². The number of amides is 3. The van der Waals surface area contributed by atoms with Gasteiger partial charge in [-0.15, -0.1) is 11.3 Å². The summed E-state index contributed by atoms with van der Waals surface area (Å²) in [5, 5.41) is 4.86. The first kappa shape index (κ1) is 20.6. The standard InChI is InChI=1S/C23H27N3O3S/c27-21(24-19-9-2-1-3-10-19)17-7-4-12-25(15-17)22(28)18-8-5-13-26(16-18)23(29)20-11-6-14-30-20/h1-3,6,9-11,14,17-18H,4-5,7-8,12-13,15-16H2,(H,24,27). The first-order valence-electron chi connectivity index (χ1n) is 10.6. The van der Waals surface area contributed by atoms with Crippen LogP contribution in [0.2, 0.25) is 0 Å². The molecule has 158 valence electrons. The number of hydrogen-bond donors (Lipinski definition) is 1. The predicted molar refractivity (Wildman–Crippen MR) is 117 cm³/mol. The van der Waals surface area contributed by atoms with Gasteiger partial charge in [0.1, 0.15) is 0 Å². The van der Waals surface area contributed by atoms with Crippen molar-refractivity contribution in [2.45, 2.75) is 25.7 Å². The zero-order valence-electron chi connectivity index (χ0n) is 17.0. The summed E-state index contributed by atoms with van der Waals surface area (Å²) in [5.74, 6) is -0.317. The average Bonchev–Trinajstić information content (AvgIpc) is 3.34. The summed E-state index contributed by atoms with van der Waals surface area (Å²) in [6, 6.07) is 13.1. The zero-order chi connectivity index (χ0) is 20.9. The van der Waals surface area contributed by atoms with Gasteiger partial charge in [-0.05, 0) is 49.3 Å². The Bertz CT molecular complexity index is 884. The predicted octanol–water partition coefficient (Wildman–Crippen LogP) is 3.48. The lowest BCUT2D eigenvalue weighted by molar-refractivity contribution is -0.139. The maximum Gasteiger partial charge on any atom is 0.263 e. The van der Waals surface area contributed by atoms with E-state index in [0.717, 1.165) is 36.2 Å². The molecule has 0 saturated carbocycles. The highest BCUT2D eigenvalue weighted by atomic mass is 32.1. The minimum atomic E-state index is -0.199. The number of nitrogens with zero attached hydrogens (tertiary/aromatic N) is 2. The lowest BCUT2D eigenvalue weighted by atomic mass is 9.92. The molecule has 0 spiro atoms. The SMILES string of the molecule is O=C(Nc1ccccc1)C1CCCN(C(=O)C2CCCN(C(=O)c3cccs3)C2)C1. The van der Waals surface area contributed by atoms with Crippen molar-refractivity contribution in [2.24, 2.45) is 11.8 Å². The third-order valence-corrected chi connectivity index (χ3v) is 6.79. The minimum Gasteiger partial charge on any atom is -0.342 e. The van der Waals surface area contributed by atoms with Crippen LogP contribution in [0.25, 0.3) is 0 Å². The molecular formula is C23H27N3O3S. The Morgan fingerprint density at radius 2 is 1.57 bits per heavy atom. The molecule has 2 unspecified atom stereocenters. The third kappa shape index (κ3) is 4.73. The largest absolute Gasteiger partial charge is 0.342 e. The van der Waals surface area contributed by atoms with Crippen molar-refractivity contribution in [2.75, 3.05) is 31.5 Å². The number of thiophene rings is 1. The van der Waals surface area contributed by atoms with Gasteiger partial charge in [-0.1, -0.05) is 24.3 Å². The smallest absolute Gasteiger partial charge is 0.263 e. The van der Waals surface area contributed by atoms with Gasteiger partial charge in [0.2, 0.25) is 11.8 Å². The Morgan fingerprint density at radius 1 is 0.867 bits per heavy atom. The second kappa shape index (κ2) is 9.43. The molecule has 4 rings (SSSR count). The van der Waals surface area contributed by atoms with Crippen LogP contribution in [0.15, 0.2) is 47.8 Å². The van der Waals surface area contributed by atoms with E-state index in [0.29, 0.717) is 26.2 Å². The number of likely N-dealkylation sites (tertiary alicyclic amines) is 2. The molecule has 0 radical (unpaired) electrons. The van der Waals surface area contributed by atoms with Crippen molar-refractivity contribution in [1.29, 1.82) is 0 Å². The second-order valence-corrected chi connectivity index (χ2v) is 8.99. The highest BCUT2D eigenvalue weighted by Gasteiger charge is 2.35. The van der Waals surface area contributed by atoms with Crippen LogP contribution < -0.4 is 5.32 Å². The monoisotopic (exact) mass is 425 g/mol. The summed E-state index contributed by atoms with van der Waals surface area (Å²) in [6.45, 7) is 2.30. The van der Waals surface area contributed by atoms with E-state index in [2.05, 4.69) is 5.32 Å². The van der Waals surface area contributed by atoms with Gasteiger partial charge in [-0.25, -0.2) is 0 Å². The van der Waals surface area contributed by atoms with Gasteiger partial charge in [0.25, 0.3) is 5.91 Å². The van der Waals surface area contributed by atoms with Gasteiger partial charge in [-0.2, -0.15) is 0 Å². The lowest BCUT2D eigenvalue weighted by Crippen LogP contribution is -2.50. The number of rotatable bonds is 4. The zero-order valence-corrected chi connectivity index (χ0v) is 17.8. The molecule has 2 aromatic rings. The Labute approximate surface area is 180 Å². The molecule has 30 heavy (non-hydrogen) atoms. The van der Waals surface area contributed by atoms with Crippen LogP contribution in [0, 0.1) is 11.8 Å². The minimum absolute atomic E-state index is 0.0151. The van der Waals surface area contributed by atoms with E-state index in [4.69, 9.17) is 0 Å². The first-order valence-corrected chi connectivity index (χ1v) is 11.5. The molecule has 3 amide bonds. The topological polar surface area (TPSA) is 69.7 Å². The molecule has 1 N–H and O–H groups in total. The van der Waals surface area contributed by atoms with E-state index in [1.165, 1.54) is 11.3 Å². The van der Waals surface area contributed by atoms with Crippen LogP contribution in [-0.2, 0) is 9.59 Å². The fourth-order valence-electron chi connectivity index (χ4n) is 4.33. The number of carbonyl (C=O) groups is 3. The van der Waals surface area contributed by atoms with Gasteiger partial charge in [0.05, 0.1) is 16.7 Å². The van der Waals surface area contributed by atoms with Crippen molar-refractivity contribution >= 4 is 34.7 Å². The number of piperidine rings is 2. The molecule has 2 fully saturated rings. The van der Waals surface area contributed by atoms with Gasteiger partial charge < -0.3 is 15.1 Å².